The summed E-state index contributed by atoms with van der Waals surface area (Å²) in [6, 6.07) is 25.3. The van der Waals surface area contributed by atoms with Gasteiger partial charge in [-0.3, -0.25) is 0 Å². The third-order valence-electron chi connectivity index (χ3n) is 6.78. The van der Waals surface area contributed by atoms with Crippen molar-refractivity contribution in [1.29, 1.82) is 0 Å². The Bertz CT molecular complexity index is 1210. The van der Waals surface area contributed by atoms with Gasteiger partial charge in [0.05, 0.1) is 6.61 Å². The topological polar surface area (TPSA) is 79.2 Å². The van der Waals surface area contributed by atoms with Crippen molar-refractivity contribution < 1.29 is 50.8 Å². The van der Waals surface area contributed by atoms with Gasteiger partial charge in [-0.2, -0.15) is 13.2 Å². The number of ether oxygens (including phenoxy) is 2. The minimum Gasteiger partial charge on any atom is -0.493 e. The molecule has 12 heteroatoms. The SMILES string of the molecule is O=C(O)C(F)(F)F.OC(c1ccccc1)(c1ccccc1)C1CCN(CCCOc2cccc(OC(F)(F)F)c2)CC1. The zero-order valence-electron chi connectivity index (χ0n) is 22.4. The average Bonchev–Trinajstić information content (AvgIpc) is 2.95. The number of nitrogens with zero attached hydrogens (tertiary/aromatic N) is 1. The normalized spacial score (nSPS) is 14.9. The summed E-state index contributed by atoms with van der Waals surface area (Å²) >= 11 is 0. The number of halogens is 6. The van der Waals surface area contributed by atoms with Gasteiger partial charge in [-0.15, -0.1) is 13.2 Å². The van der Waals surface area contributed by atoms with Crippen molar-refractivity contribution in [2.75, 3.05) is 26.2 Å². The van der Waals surface area contributed by atoms with Crippen LogP contribution in [0.1, 0.15) is 30.4 Å². The summed E-state index contributed by atoms with van der Waals surface area (Å²) in [5, 5.41) is 19.1. The molecule has 2 N–H and O–H groups in total. The number of carboxylic acids is 1. The Kier molecular flexibility index (Phi) is 11.2. The fraction of sp³-hybridized carbons (Fsp3) is 0.367. The molecule has 1 aliphatic rings. The van der Waals surface area contributed by atoms with Crippen LogP contribution in [0.4, 0.5) is 26.3 Å². The first-order valence-corrected chi connectivity index (χ1v) is 13.1. The predicted molar refractivity (Wildman–Crippen MR) is 142 cm³/mol. The van der Waals surface area contributed by atoms with Gasteiger partial charge in [0.1, 0.15) is 17.1 Å². The summed E-state index contributed by atoms with van der Waals surface area (Å²) in [4.78, 5) is 11.2. The molecule has 0 spiro atoms. The van der Waals surface area contributed by atoms with Crippen molar-refractivity contribution >= 4 is 5.97 Å². The van der Waals surface area contributed by atoms with E-state index in [1.165, 1.54) is 18.2 Å². The van der Waals surface area contributed by atoms with Gasteiger partial charge in [-0.05, 0) is 61.5 Å². The zero-order chi connectivity index (χ0) is 30.8. The number of carbonyl (C=O) groups is 1. The Balaban J connectivity index is 0.000000616. The Hall–Kier alpha value is -3.77. The molecule has 1 saturated heterocycles. The summed E-state index contributed by atoms with van der Waals surface area (Å²) in [5.41, 5.74) is 0.783. The van der Waals surface area contributed by atoms with Crippen molar-refractivity contribution in [3.8, 4) is 11.5 Å². The van der Waals surface area contributed by atoms with E-state index < -0.39 is 24.1 Å². The van der Waals surface area contributed by atoms with Crippen molar-refractivity contribution in [3.05, 3.63) is 96.1 Å². The van der Waals surface area contributed by atoms with Gasteiger partial charge < -0.3 is 24.6 Å². The average molecular weight is 600 g/mol. The number of hydrogen-bond acceptors (Lipinski definition) is 5. The van der Waals surface area contributed by atoms with Crippen LogP contribution in [0.5, 0.6) is 11.5 Å². The van der Waals surface area contributed by atoms with Gasteiger partial charge in [0.25, 0.3) is 0 Å². The first kappa shape index (κ1) is 32.7. The molecule has 1 fully saturated rings. The Labute approximate surface area is 239 Å². The highest BCUT2D eigenvalue weighted by atomic mass is 19.4. The highest BCUT2D eigenvalue weighted by Gasteiger charge is 2.41. The number of hydrogen-bond donors (Lipinski definition) is 2. The second kappa shape index (κ2) is 14.4. The fourth-order valence-electron chi connectivity index (χ4n) is 4.84. The van der Waals surface area contributed by atoms with Gasteiger partial charge in [-0.25, -0.2) is 4.79 Å². The molecule has 0 saturated carbocycles. The molecule has 0 atom stereocenters. The molecule has 228 valence electrons. The molecule has 0 aromatic heterocycles. The number of piperidine rings is 1. The minimum atomic E-state index is -5.08. The standard InChI is InChI=1S/C28H30F3NO3.C2HF3O2/c29-28(30,31)35-26-14-7-13-25(21-26)34-20-8-17-32-18-15-24(16-19-32)27(33,22-9-3-1-4-10-22)23-11-5-2-6-12-23;3-2(4,5)1(6)7/h1-7,9-14,21,24,33H,8,15-20H2;(H,6,7). The Morgan fingerprint density at radius 2 is 1.31 bits per heavy atom. The molecule has 6 nitrogen and oxygen atoms in total. The lowest BCUT2D eigenvalue weighted by Gasteiger charge is -2.42. The zero-order valence-corrected chi connectivity index (χ0v) is 22.4. The molecule has 3 aromatic carbocycles. The maximum atomic E-state index is 12.4. The number of carboxylic acid groups (broad SMARTS) is 1. The van der Waals surface area contributed by atoms with Gasteiger partial charge >= 0.3 is 18.5 Å². The van der Waals surface area contributed by atoms with Crippen LogP contribution in [0, 0.1) is 5.92 Å². The van der Waals surface area contributed by atoms with E-state index in [0.29, 0.717) is 12.4 Å². The van der Waals surface area contributed by atoms with E-state index in [0.717, 1.165) is 50.0 Å². The Morgan fingerprint density at radius 3 is 1.79 bits per heavy atom. The maximum Gasteiger partial charge on any atom is 0.573 e. The molecule has 42 heavy (non-hydrogen) atoms. The quantitative estimate of drug-likeness (QED) is 0.212. The van der Waals surface area contributed by atoms with E-state index in [2.05, 4.69) is 9.64 Å². The number of rotatable bonds is 9. The lowest BCUT2D eigenvalue weighted by Crippen LogP contribution is -2.44. The predicted octanol–water partition coefficient (Wildman–Crippen LogP) is 6.64. The van der Waals surface area contributed by atoms with E-state index in [1.54, 1.807) is 6.07 Å². The fourth-order valence-corrected chi connectivity index (χ4v) is 4.84. The molecular weight excluding hydrogens is 568 g/mol. The largest absolute Gasteiger partial charge is 0.573 e. The summed E-state index contributed by atoms with van der Waals surface area (Å²) in [6.07, 6.45) is -7.34. The van der Waals surface area contributed by atoms with Gasteiger partial charge in [-0.1, -0.05) is 66.7 Å². The maximum absolute atomic E-state index is 12.4. The second-order valence-corrected chi connectivity index (χ2v) is 9.64. The highest BCUT2D eigenvalue weighted by molar-refractivity contribution is 5.73. The van der Waals surface area contributed by atoms with E-state index in [1.807, 2.05) is 60.7 Å². The molecule has 0 unspecified atom stereocenters. The van der Waals surface area contributed by atoms with Crippen molar-refractivity contribution in [3.63, 3.8) is 0 Å². The van der Waals surface area contributed by atoms with Crippen LogP contribution in [0.3, 0.4) is 0 Å². The van der Waals surface area contributed by atoms with E-state index in [4.69, 9.17) is 14.6 Å². The van der Waals surface area contributed by atoms with Crippen molar-refractivity contribution in [2.45, 2.75) is 37.4 Å². The first-order chi connectivity index (χ1) is 19.8. The molecule has 0 bridgehead atoms. The van der Waals surface area contributed by atoms with Gasteiger partial charge in [0.2, 0.25) is 0 Å². The lowest BCUT2D eigenvalue weighted by molar-refractivity contribution is -0.274. The molecule has 3 aromatic rings. The van der Waals surface area contributed by atoms with Crippen LogP contribution in [0.2, 0.25) is 0 Å². The van der Waals surface area contributed by atoms with Crippen molar-refractivity contribution in [2.24, 2.45) is 5.92 Å². The number of aliphatic hydroxyl groups is 1. The van der Waals surface area contributed by atoms with Crippen LogP contribution >= 0.6 is 0 Å². The van der Waals surface area contributed by atoms with Gasteiger partial charge in [0.15, 0.2) is 0 Å². The van der Waals surface area contributed by atoms with Crippen LogP contribution in [-0.2, 0) is 10.4 Å². The lowest BCUT2D eigenvalue weighted by atomic mass is 9.72. The smallest absolute Gasteiger partial charge is 0.493 e. The molecule has 1 heterocycles. The molecule has 4 rings (SSSR count). The summed E-state index contributed by atoms with van der Waals surface area (Å²) in [6.45, 7) is 2.94. The summed E-state index contributed by atoms with van der Waals surface area (Å²) in [7, 11) is 0. The number of benzene rings is 3. The van der Waals surface area contributed by atoms with Gasteiger partial charge in [0, 0.05) is 12.6 Å². The number of aliphatic carboxylic acids is 1. The van der Waals surface area contributed by atoms with E-state index in [9.17, 15) is 31.4 Å². The monoisotopic (exact) mass is 599 g/mol. The summed E-state index contributed by atoms with van der Waals surface area (Å²) < 4.78 is 78.5. The summed E-state index contributed by atoms with van der Waals surface area (Å²) in [5.74, 6) is -2.61. The van der Waals surface area contributed by atoms with Crippen LogP contribution in [-0.4, -0.2) is 59.9 Å². The van der Waals surface area contributed by atoms with Crippen molar-refractivity contribution in [1.82, 2.24) is 4.90 Å². The first-order valence-electron chi connectivity index (χ1n) is 13.1. The molecule has 0 aliphatic carbocycles. The van der Waals surface area contributed by atoms with Crippen LogP contribution in [0.25, 0.3) is 0 Å². The van der Waals surface area contributed by atoms with E-state index >= 15 is 0 Å². The highest BCUT2D eigenvalue weighted by Crippen LogP contribution is 2.41. The second-order valence-electron chi connectivity index (χ2n) is 9.64. The van der Waals surface area contributed by atoms with Crippen LogP contribution < -0.4 is 9.47 Å². The molecule has 0 radical (unpaired) electrons. The Morgan fingerprint density at radius 1 is 0.810 bits per heavy atom. The molecule has 1 aliphatic heterocycles. The third kappa shape index (κ3) is 9.66. The number of likely N-dealkylation sites (tertiary alicyclic amines) is 1. The third-order valence-corrected chi connectivity index (χ3v) is 6.78. The minimum absolute atomic E-state index is 0.0937. The van der Waals surface area contributed by atoms with Crippen LogP contribution in [0.15, 0.2) is 84.9 Å². The van der Waals surface area contributed by atoms with E-state index in [-0.39, 0.29) is 11.7 Å². The number of alkyl halides is 6. The molecule has 0 amide bonds. The molecular formula is C30H31F6NO5.